The monoisotopic (exact) mass is 486 g/mol. The van der Waals surface area contributed by atoms with Gasteiger partial charge in [0.2, 0.25) is 5.91 Å². The van der Waals surface area contributed by atoms with Crippen LogP contribution in [0.15, 0.2) is 54.9 Å². The number of hydrogen-bond acceptors (Lipinski definition) is 6. The second kappa shape index (κ2) is 15.5. The first kappa shape index (κ1) is 27.8. The molecule has 1 heterocycles. The van der Waals surface area contributed by atoms with Crippen molar-refractivity contribution in [1.82, 2.24) is 20.5 Å². The number of nitrogens with one attached hydrogen (secondary N) is 2. The third kappa shape index (κ3) is 10.2. The molecular formula is C26H38N4O3S. The lowest BCUT2D eigenvalue weighted by Gasteiger charge is -2.31. The Kier molecular flexibility index (Phi) is 12.7. The SMILES string of the molecule is CCC(C)C(CN(CC(=O)NC(CCSC)C(=O)O)Cc1ccccc1)NCc1cccnc1. The fraction of sp³-hybridized carbons (Fsp3) is 0.500. The zero-order valence-corrected chi connectivity index (χ0v) is 21.3. The van der Waals surface area contributed by atoms with E-state index in [0.717, 1.165) is 17.5 Å². The Labute approximate surface area is 207 Å². The summed E-state index contributed by atoms with van der Waals surface area (Å²) in [4.78, 5) is 30.8. The van der Waals surface area contributed by atoms with Crippen molar-refractivity contribution in [3.63, 3.8) is 0 Å². The largest absolute Gasteiger partial charge is 0.480 e. The number of aliphatic carboxylic acids is 1. The van der Waals surface area contributed by atoms with Gasteiger partial charge in [0.05, 0.1) is 6.54 Å². The minimum atomic E-state index is -0.993. The van der Waals surface area contributed by atoms with Gasteiger partial charge in [-0.05, 0) is 41.5 Å². The van der Waals surface area contributed by atoms with Crippen LogP contribution in [0.2, 0.25) is 0 Å². The van der Waals surface area contributed by atoms with Gasteiger partial charge >= 0.3 is 5.97 Å². The molecule has 1 aromatic carbocycles. The number of amides is 1. The van der Waals surface area contributed by atoms with E-state index in [1.165, 1.54) is 0 Å². The predicted octanol–water partition coefficient (Wildman–Crippen LogP) is 3.41. The molecule has 2 rings (SSSR count). The molecule has 3 atom stereocenters. The maximum atomic E-state index is 12.9. The Morgan fingerprint density at radius 2 is 1.88 bits per heavy atom. The fourth-order valence-corrected chi connectivity index (χ4v) is 4.19. The average Bonchev–Trinajstić information content (AvgIpc) is 2.84. The molecule has 1 amide bonds. The van der Waals surface area contributed by atoms with Gasteiger partial charge in [0.25, 0.3) is 0 Å². The number of carbonyl (C=O) groups is 2. The standard InChI is InChI=1S/C26H38N4O3S/c1-4-20(2)24(28-16-22-11-8-13-27-15-22)18-30(17-21-9-6-5-7-10-21)19-25(31)29-23(26(32)33)12-14-34-3/h5-11,13,15,20,23-24,28H,4,12,14,16-19H2,1-3H3,(H,29,31)(H,32,33). The highest BCUT2D eigenvalue weighted by molar-refractivity contribution is 7.98. The molecule has 186 valence electrons. The van der Waals surface area contributed by atoms with E-state index in [9.17, 15) is 14.7 Å². The van der Waals surface area contributed by atoms with E-state index in [2.05, 4.69) is 34.4 Å². The number of aromatic nitrogens is 1. The molecule has 34 heavy (non-hydrogen) atoms. The van der Waals surface area contributed by atoms with Crippen molar-refractivity contribution in [1.29, 1.82) is 0 Å². The first-order valence-corrected chi connectivity index (χ1v) is 13.2. The Bertz CT molecular complexity index is 854. The highest BCUT2D eigenvalue weighted by Gasteiger charge is 2.24. The number of pyridine rings is 1. The summed E-state index contributed by atoms with van der Waals surface area (Å²) in [5, 5.41) is 15.9. The number of carboxylic acid groups (broad SMARTS) is 1. The van der Waals surface area contributed by atoms with Gasteiger partial charge < -0.3 is 15.7 Å². The Morgan fingerprint density at radius 1 is 1.15 bits per heavy atom. The van der Waals surface area contributed by atoms with Crippen molar-refractivity contribution >= 4 is 23.6 Å². The summed E-state index contributed by atoms with van der Waals surface area (Å²) >= 11 is 1.57. The van der Waals surface area contributed by atoms with Crippen molar-refractivity contribution in [3.8, 4) is 0 Å². The van der Waals surface area contributed by atoms with Crippen molar-refractivity contribution in [2.75, 3.05) is 25.1 Å². The number of carbonyl (C=O) groups excluding carboxylic acids is 1. The summed E-state index contributed by atoms with van der Waals surface area (Å²) in [6, 6.07) is 13.3. The summed E-state index contributed by atoms with van der Waals surface area (Å²) in [7, 11) is 0. The van der Waals surface area contributed by atoms with Gasteiger partial charge in [-0.1, -0.05) is 56.7 Å². The Balaban J connectivity index is 2.11. The smallest absolute Gasteiger partial charge is 0.326 e. The molecule has 0 fully saturated rings. The average molecular weight is 487 g/mol. The second-order valence-corrected chi connectivity index (χ2v) is 9.61. The zero-order valence-electron chi connectivity index (χ0n) is 20.4. The zero-order chi connectivity index (χ0) is 24.8. The third-order valence-corrected chi connectivity index (χ3v) is 6.58. The van der Waals surface area contributed by atoms with Gasteiger partial charge in [-0.25, -0.2) is 4.79 Å². The lowest BCUT2D eigenvalue weighted by atomic mass is 9.98. The predicted molar refractivity (Wildman–Crippen MR) is 139 cm³/mol. The lowest BCUT2D eigenvalue weighted by molar-refractivity contribution is -0.142. The van der Waals surface area contributed by atoms with Crippen LogP contribution in [-0.2, 0) is 22.7 Å². The second-order valence-electron chi connectivity index (χ2n) is 8.63. The van der Waals surface area contributed by atoms with E-state index >= 15 is 0 Å². The summed E-state index contributed by atoms with van der Waals surface area (Å²) in [5.74, 6) is -0.183. The summed E-state index contributed by atoms with van der Waals surface area (Å²) in [6.45, 7) is 6.49. The van der Waals surface area contributed by atoms with Crippen molar-refractivity contribution < 1.29 is 14.7 Å². The fourth-order valence-electron chi connectivity index (χ4n) is 3.72. The van der Waals surface area contributed by atoms with E-state index < -0.39 is 12.0 Å². The Morgan fingerprint density at radius 3 is 2.50 bits per heavy atom. The molecular weight excluding hydrogens is 448 g/mol. The number of carboxylic acids is 1. The van der Waals surface area contributed by atoms with Crippen LogP contribution < -0.4 is 10.6 Å². The van der Waals surface area contributed by atoms with Crippen LogP contribution in [0.3, 0.4) is 0 Å². The molecule has 0 spiro atoms. The first-order valence-electron chi connectivity index (χ1n) is 11.8. The third-order valence-electron chi connectivity index (χ3n) is 5.94. The molecule has 3 unspecified atom stereocenters. The minimum absolute atomic E-state index is 0.138. The maximum absolute atomic E-state index is 12.9. The van der Waals surface area contributed by atoms with Crippen molar-refractivity contribution in [3.05, 3.63) is 66.0 Å². The van der Waals surface area contributed by atoms with E-state index in [-0.39, 0.29) is 18.5 Å². The van der Waals surface area contributed by atoms with Crippen LogP contribution in [0.5, 0.6) is 0 Å². The van der Waals surface area contributed by atoms with Gasteiger partial charge in [0, 0.05) is 38.1 Å². The molecule has 7 nitrogen and oxygen atoms in total. The molecule has 1 aromatic heterocycles. The van der Waals surface area contributed by atoms with E-state index in [4.69, 9.17) is 0 Å². The van der Waals surface area contributed by atoms with E-state index in [0.29, 0.717) is 37.7 Å². The van der Waals surface area contributed by atoms with Crippen LogP contribution in [0.1, 0.15) is 37.8 Å². The minimum Gasteiger partial charge on any atom is -0.480 e. The summed E-state index contributed by atoms with van der Waals surface area (Å²) in [6.07, 6.45) is 6.96. The Hall–Kier alpha value is -2.42. The summed E-state index contributed by atoms with van der Waals surface area (Å²) in [5.41, 5.74) is 2.23. The first-order chi connectivity index (χ1) is 16.4. The topological polar surface area (TPSA) is 94.6 Å². The van der Waals surface area contributed by atoms with Gasteiger partial charge in [-0.3, -0.25) is 14.7 Å². The molecule has 0 saturated carbocycles. The van der Waals surface area contributed by atoms with Crippen LogP contribution in [0.25, 0.3) is 0 Å². The van der Waals surface area contributed by atoms with Crippen LogP contribution in [0.4, 0.5) is 0 Å². The number of benzene rings is 1. The quantitative estimate of drug-likeness (QED) is 0.335. The number of rotatable bonds is 16. The molecule has 2 aromatic rings. The van der Waals surface area contributed by atoms with Gasteiger partial charge in [0.1, 0.15) is 6.04 Å². The summed E-state index contributed by atoms with van der Waals surface area (Å²) < 4.78 is 0. The highest BCUT2D eigenvalue weighted by Crippen LogP contribution is 2.13. The molecule has 0 radical (unpaired) electrons. The molecule has 8 heteroatoms. The van der Waals surface area contributed by atoms with E-state index in [1.54, 1.807) is 18.0 Å². The van der Waals surface area contributed by atoms with Crippen LogP contribution in [0, 0.1) is 5.92 Å². The highest BCUT2D eigenvalue weighted by atomic mass is 32.2. The molecule has 0 aliphatic carbocycles. The number of thioether (sulfide) groups is 1. The van der Waals surface area contributed by atoms with Gasteiger partial charge in [-0.2, -0.15) is 11.8 Å². The van der Waals surface area contributed by atoms with Gasteiger partial charge in [0.15, 0.2) is 0 Å². The molecule has 0 saturated heterocycles. The molecule has 0 bridgehead atoms. The normalized spacial score (nSPS) is 13.9. The number of hydrogen-bond donors (Lipinski definition) is 3. The molecule has 0 aliphatic heterocycles. The maximum Gasteiger partial charge on any atom is 0.326 e. The number of nitrogens with zero attached hydrogens (tertiary/aromatic N) is 2. The lowest BCUT2D eigenvalue weighted by Crippen LogP contribution is -2.49. The van der Waals surface area contributed by atoms with Crippen LogP contribution in [-0.4, -0.2) is 64.0 Å². The van der Waals surface area contributed by atoms with Crippen molar-refractivity contribution in [2.45, 2.75) is 51.9 Å². The van der Waals surface area contributed by atoms with Crippen molar-refractivity contribution in [2.24, 2.45) is 5.92 Å². The van der Waals surface area contributed by atoms with Crippen LogP contribution >= 0.6 is 11.8 Å². The van der Waals surface area contributed by atoms with Gasteiger partial charge in [-0.15, -0.1) is 0 Å². The van der Waals surface area contributed by atoms with E-state index in [1.807, 2.05) is 54.9 Å². The molecule has 0 aliphatic rings. The molecule has 3 N–H and O–H groups in total.